The molecule has 1 aliphatic rings. The standard InChI is InChI=1S/C17H22N2S/c1-11-8-9-12(2)14(10-11)15-16(18)20-17(19-15)13-6-4-3-5-7-13/h8-10,13H,3-7,18H2,1-2H3. The Hall–Kier alpha value is -1.35. The van der Waals surface area contributed by atoms with Gasteiger partial charge in [0.25, 0.3) is 0 Å². The van der Waals surface area contributed by atoms with Gasteiger partial charge in [-0.05, 0) is 38.3 Å². The fraction of sp³-hybridized carbons (Fsp3) is 0.471. The summed E-state index contributed by atoms with van der Waals surface area (Å²) in [5, 5.41) is 2.12. The average Bonchev–Trinajstić information content (AvgIpc) is 2.84. The van der Waals surface area contributed by atoms with Crippen molar-refractivity contribution in [1.29, 1.82) is 0 Å². The van der Waals surface area contributed by atoms with Crippen LogP contribution in [0.25, 0.3) is 11.3 Å². The number of nitrogens with two attached hydrogens (primary N) is 1. The third-order valence-corrected chi connectivity index (χ3v) is 5.32. The summed E-state index contributed by atoms with van der Waals surface area (Å²) >= 11 is 1.70. The van der Waals surface area contributed by atoms with Crippen LogP contribution in [0.15, 0.2) is 18.2 Å². The largest absolute Gasteiger partial charge is 0.389 e. The Kier molecular flexibility index (Phi) is 3.79. The zero-order valence-electron chi connectivity index (χ0n) is 12.3. The Morgan fingerprint density at radius 2 is 1.90 bits per heavy atom. The molecule has 2 aromatic rings. The number of rotatable bonds is 2. The van der Waals surface area contributed by atoms with Gasteiger partial charge in [-0.2, -0.15) is 0 Å². The number of thiazole rings is 1. The van der Waals surface area contributed by atoms with E-state index in [0.717, 1.165) is 10.7 Å². The van der Waals surface area contributed by atoms with Gasteiger partial charge >= 0.3 is 0 Å². The predicted octanol–water partition coefficient (Wildman–Crippen LogP) is 5.06. The molecular weight excluding hydrogens is 264 g/mol. The molecule has 0 amide bonds. The van der Waals surface area contributed by atoms with Crippen molar-refractivity contribution in [2.45, 2.75) is 51.9 Å². The molecule has 3 rings (SSSR count). The first-order valence-electron chi connectivity index (χ1n) is 7.49. The third-order valence-electron chi connectivity index (χ3n) is 4.27. The van der Waals surface area contributed by atoms with Crippen molar-refractivity contribution in [2.75, 3.05) is 5.73 Å². The highest BCUT2D eigenvalue weighted by Gasteiger charge is 2.21. The van der Waals surface area contributed by atoms with E-state index in [0.29, 0.717) is 5.92 Å². The monoisotopic (exact) mass is 286 g/mol. The average molecular weight is 286 g/mol. The number of anilines is 1. The lowest BCUT2D eigenvalue weighted by Gasteiger charge is -2.18. The number of aryl methyl sites for hydroxylation is 2. The zero-order chi connectivity index (χ0) is 14.1. The first kappa shape index (κ1) is 13.6. The molecule has 0 unspecified atom stereocenters. The van der Waals surface area contributed by atoms with Crippen LogP contribution in [0.2, 0.25) is 0 Å². The topological polar surface area (TPSA) is 38.9 Å². The normalized spacial score (nSPS) is 16.5. The van der Waals surface area contributed by atoms with E-state index in [-0.39, 0.29) is 0 Å². The predicted molar refractivity (Wildman–Crippen MR) is 87.3 cm³/mol. The summed E-state index contributed by atoms with van der Waals surface area (Å²) in [6.45, 7) is 4.25. The second kappa shape index (κ2) is 5.57. The van der Waals surface area contributed by atoms with Crippen molar-refractivity contribution in [1.82, 2.24) is 4.98 Å². The van der Waals surface area contributed by atoms with E-state index < -0.39 is 0 Å². The van der Waals surface area contributed by atoms with Gasteiger partial charge in [0.15, 0.2) is 0 Å². The van der Waals surface area contributed by atoms with E-state index in [1.54, 1.807) is 11.3 Å². The molecule has 1 saturated carbocycles. The minimum atomic E-state index is 0.634. The molecule has 1 aromatic heterocycles. The van der Waals surface area contributed by atoms with Crippen LogP contribution in [-0.2, 0) is 0 Å². The van der Waals surface area contributed by atoms with E-state index in [1.807, 2.05) is 0 Å². The molecule has 0 radical (unpaired) electrons. The van der Waals surface area contributed by atoms with Crippen LogP contribution in [0.5, 0.6) is 0 Å². The number of aromatic nitrogens is 1. The fourth-order valence-corrected chi connectivity index (χ4v) is 4.07. The highest BCUT2D eigenvalue weighted by molar-refractivity contribution is 7.16. The van der Waals surface area contributed by atoms with Crippen LogP contribution in [0.1, 0.15) is 54.2 Å². The molecule has 20 heavy (non-hydrogen) atoms. The van der Waals surface area contributed by atoms with Gasteiger partial charge in [-0.25, -0.2) is 4.98 Å². The molecule has 0 spiro atoms. The molecule has 2 N–H and O–H groups in total. The molecular formula is C17H22N2S. The Morgan fingerprint density at radius 3 is 2.65 bits per heavy atom. The van der Waals surface area contributed by atoms with Gasteiger partial charge in [-0.1, -0.05) is 37.0 Å². The van der Waals surface area contributed by atoms with Crippen LogP contribution in [0, 0.1) is 13.8 Å². The lowest BCUT2D eigenvalue weighted by molar-refractivity contribution is 0.442. The van der Waals surface area contributed by atoms with E-state index in [2.05, 4.69) is 32.0 Å². The number of benzene rings is 1. The summed E-state index contributed by atoms with van der Waals surface area (Å²) in [6.07, 6.45) is 6.60. The van der Waals surface area contributed by atoms with Gasteiger partial charge in [-0.3, -0.25) is 0 Å². The smallest absolute Gasteiger partial charge is 0.114 e. The van der Waals surface area contributed by atoms with Gasteiger partial charge in [-0.15, -0.1) is 11.3 Å². The molecule has 3 heteroatoms. The minimum absolute atomic E-state index is 0.634. The van der Waals surface area contributed by atoms with Crippen LogP contribution in [0.3, 0.4) is 0 Å². The molecule has 0 aliphatic heterocycles. The van der Waals surface area contributed by atoms with E-state index in [4.69, 9.17) is 10.7 Å². The van der Waals surface area contributed by atoms with Gasteiger partial charge < -0.3 is 5.73 Å². The Morgan fingerprint density at radius 1 is 1.15 bits per heavy atom. The summed E-state index contributed by atoms with van der Waals surface area (Å²) in [5.41, 5.74) is 11.0. The number of nitrogens with zero attached hydrogens (tertiary/aromatic N) is 1. The van der Waals surface area contributed by atoms with Crippen molar-refractivity contribution < 1.29 is 0 Å². The molecule has 0 atom stereocenters. The molecule has 1 aromatic carbocycles. The summed E-state index contributed by atoms with van der Waals surface area (Å²) in [4.78, 5) is 4.90. The molecule has 0 saturated heterocycles. The van der Waals surface area contributed by atoms with Gasteiger partial charge in [0, 0.05) is 11.5 Å². The van der Waals surface area contributed by atoms with Gasteiger partial charge in [0.05, 0.1) is 5.01 Å². The SMILES string of the molecule is Cc1ccc(C)c(-c2nc(C3CCCCC3)sc2N)c1. The lowest BCUT2D eigenvalue weighted by Crippen LogP contribution is -2.03. The molecule has 0 bridgehead atoms. The highest BCUT2D eigenvalue weighted by Crippen LogP contribution is 2.40. The number of nitrogen functional groups attached to an aromatic ring is 1. The number of hydrogen-bond acceptors (Lipinski definition) is 3. The van der Waals surface area contributed by atoms with Crippen LogP contribution >= 0.6 is 11.3 Å². The number of hydrogen-bond donors (Lipinski definition) is 1. The van der Waals surface area contributed by atoms with Crippen molar-refractivity contribution in [2.24, 2.45) is 0 Å². The Bertz CT molecular complexity index is 609. The van der Waals surface area contributed by atoms with Crippen molar-refractivity contribution in [3.63, 3.8) is 0 Å². The minimum Gasteiger partial charge on any atom is -0.389 e. The van der Waals surface area contributed by atoms with E-state index >= 15 is 0 Å². The second-order valence-corrected chi connectivity index (χ2v) is 6.98. The maximum atomic E-state index is 6.26. The van der Waals surface area contributed by atoms with Crippen LogP contribution < -0.4 is 5.73 Å². The Balaban J connectivity index is 1.98. The summed E-state index contributed by atoms with van der Waals surface area (Å²) in [6, 6.07) is 6.50. The fourth-order valence-electron chi connectivity index (χ4n) is 3.06. The second-order valence-electron chi connectivity index (χ2n) is 5.92. The van der Waals surface area contributed by atoms with Crippen LogP contribution in [-0.4, -0.2) is 4.98 Å². The van der Waals surface area contributed by atoms with Gasteiger partial charge in [0.2, 0.25) is 0 Å². The highest BCUT2D eigenvalue weighted by atomic mass is 32.1. The Labute approximate surface area is 125 Å². The lowest BCUT2D eigenvalue weighted by atomic mass is 9.90. The maximum Gasteiger partial charge on any atom is 0.114 e. The maximum absolute atomic E-state index is 6.26. The summed E-state index contributed by atoms with van der Waals surface area (Å²) in [5.74, 6) is 0.634. The molecule has 2 nitrogen and oxygen atoms in total. The molecule has 106 valence electrons. The summed E-state index contributed by atoms with van der Waals surface area (Å²) in [7, 11) is 0. The molecule has 1 heterocycles. The van der Waals surface area contributed by atoms with Crippen molar-refractivity contribution >= 4 is 16.3 Å². The summed E-state index contributed by atoms with van der Waals surface area (Å²) < 4.78 is 0. The molecule has 1 fully saturated rings. The van der Waals surface area contributed by atoms with E-state index in [1.165, 1.54) is 53.8 Å². The zero-order valence-corrected chi connectivity index (χ0v) is 13.1. The van der Waals surface area contributed by atoms with Crippen molar-refractivity contribution in [3.05, 3.63) is 34.3 Å². The quantitative estimate of drug-likeness (QED) is 0.838. The third kappa shape index (κ3) is 2.59. The first-order valence-corrected chi connectivity index (χ1v) is 8.30. The van der Waals surface area contributed by atoms with Crippen molar-refractivity contribution in [3.8, 4) is 11.3 Å². The first-order chi connectivity index (χ1) is 9.65. The van der Waals surface area contributed by atoms with Gasteiger partial charge in [0.1, 0.15) is 10.7 Å². The van der Waals surface area contributed by atoms with Crippen LogP contribution in [0.4, 0.5) is 5.00 Å². The molecule has 1 aliphatic carbocycles. The van der Waals surface area contributed by atoms with E-state index in [9.17, 15) is 0 Å².